The normalized spacial score (nSPS) is 24.3. The Labute approximate surface area is 224 Å². The highest BCUT2D eigenvalue weighted by Gasteiger charge is 2.48. The van der Waals surface area contributed by atoms with Gasteiger partial charge in [0.25, 0.3) is 6.01 Å². The third kappa shape index (κ3) is 4.45. The Bertz CT molecular complexity index is 1600. The van der Waals surface area contributed by atoms with Crippen molar-refractivity contribution in [3.63, 3.8) is 0 Å². The molecule has 2 aromatic carbocycles. The van der Waals surface area contributed by atoms with Gasteiger partial charge < -0.3 is 24.3 Å². The lowest BCUT2D eigenvalue weighted by molar-refractivity contribution is 0.00706. The molecular weight excluding hydrogens is 530 g/mol. The fourth-order valence-corrected chi connectivity index (χ4v) is 6.20. The first kappa shape index (κ1) is 25.2. The second-order valence-electron chi connectivity index (χ2n) is 9.07. The molecule has 2 fully saturated rings. The Kier molecular flexibility index (Phi) is 6.58. The maximum absolute atomic E-state index is 12.7. The van der Waals surface area contributed by atoms with E-state index < -0.39 is 16.0 Å². The zero-order valence-electron chi connectivity index (χ0n) is 20.6. The molecule has 38 heavy (non-hydrogen) atoms. The van der Waals surface area contributed by atoms with Gasteiger partial charge in [-0.25, -0.2) is 18.3 Å². The van der Waals surface area contributed by atoms with Gasteiger partial charge in [0.15, 0.2) is 11.8 Å². The molecule has 0 radical (unpaired) electrons. The van der Waals surface area contributed by atoms with Gasteiger partial charge in [0.2, 0.25) is 0 Å². The molecule has 5 atom stereocenters. The molecular formula is C26H26ClN5O5S. The van der Waals surface area contributed by atoms with Crippen LogP contribution in [0.1, 0.15) is 0 Å². The number of fused-ring (bicyclic) bond motifs is 2. The Morgan fingerprint density at radius 3 is 2.39 bits per heavy atom. The first-order chi connectivity index (χ1) is 18.4. The molecule has 10 nitrogen and oxygen atoms in total. The largest absolute Gasteiger partial charge is 0.456 e. The summed E-state index contributed by atoms with van der Waals surface area (Å²) in [6, 6.07) is 17.4. The first-order valence-corrected chi connectivity index (χ1v) is 14.0. The number of aliphatic hydroxyl groups is 1. The van der Waals surface area contributed by atoms with Gasteiger partial charge in [0, 0.05) is 12.6 Å². The van der Waals surface area contributed by atoms with Gasteiger partial charge in [0.1, 0.15) is 28.2 Å². The molecule has 2 saturated heterocycles. The molecule has 2 aliphatic rings. The van der Waals surface area contributed by atoms with Crippen LogP contribution in [-0.2, 0) is 19.4 Å². The van der Waals surface area contributed by atoms with E-state index in [0.717, 1.165) is 16.7 Å². The Morgan fingerprint density at radius 1 is 1.05 bits per heavy atom. The van der Waals surface area contributed by atoms with Crippen molar-refractivity contribution in [2.45, 2.75) is 29.3 Å². The second kappa shape index (κ2) is 9.92. The van der Waals surface area contributed by atoms with E-state index in [4.69, 9.17) is 25.8 Å². The fourth-order valence-electron chi connectivity index (χ4n) is 4.81. The number of benzene rings is 2. The van der Waals surface area contributed by atoms with Gasteiger partial charge in [-0.05, 0) is 36.4 Å². The van der Waals surface area contributed by atoms with Crippen molar-refractivity contribution in [1.82, 2.24) is 19.7 Å². The van der Waals surface area contributed by atoms with E-state index >= 15 is 0 Å². The van der Waals surface area contributed by atoms with Crippen molar-refractivity contribution in [3.05, 3.63) is 59.6 Å². The van der Waals surface area contributed by atoms with E-state index in [1.54, 1.807) is 13.1 Å². The fraction of sp³-hybridized carbons (Fsp3) is 0.308. The van der Waals surface area contributed by atoms with Crippen LogP contribution in [0.4, 0.5) is 0 Å². The average Bonchev–Trinajstić information content (AvgIpc) is 3.64. The average molecular weight is 556 g/mol. The molecule has 0 aliphatic carbocycles. The van der Waals surface area contributed by atoms with Crippen LogP contribution in [0.15, 0.2) is 63.9 Å². The molecule has 12 heteroatoms. The minimum absolute atomic E-state index is 0.229. The van der Waals surface area contributed by atoms with Gasteiger partial charge in [-0.3, -0.25) is 0 Å². The summed E-state index contributed by atoms with van der Waals surface area (Å²) >= 11 is 6.59. The van der Waals surface area contributed by atoms with Crippen LogP contribution in [0.2, 0.25) is 5.02 Å². The maximum atomic E-state index is 12.7. The van der Waals surface area contributed by atoms with Gasteiger partial charge in [0.05, 0.1) is 34.3 Å². The Hall–Kier alpha value is -3.06. The predicted octanol–water partition coefficient (Wildman–Crippen LogP) is 3.44. The SMILES string of the molecule is CN=S(=O)(NC)c1ccc(-c2ccc(-c3nc4nc(O[C@@H]5CO[C@H]6[C@@H]5OC[C@H]6O)[nH]c4cc3Cl)cc2)cc1. The summed E-state index contributed by atoms with van der Waals surface area (Å²) in [7, 11) is 0.560. The third-order valence-corrected chi connectivity index (χ3v) is 9.12. The van der Waals surface area contributed by atoms with Gasteiger partial charge in [-0.15, -0.1) is 0 Å². The van der Waals surface area contributed by atoms with Crippen LogP contribution < -0.4 is 9.46 Å². The number of H-pyrrole nitrogens is 1. The number of nitrogens with one attached hydrogen (secondary N) is 2. The summed E-state index contributed by atoms with van der Waals surface area (Å²) in [6.45, 7) is 0.535. The highest BCUT2D eigenvalue weighted by Crippen LogP contribution is 2.33. The minimum atomic E-state index is -2.61. The molecule has 3 N–H and O–H groups in total. The second-order valence-corrected chi connectivity index (χ2v) is 11.8. The molecule has 6 rings (SSSR count). The monoisotopic (exact) mass is 555 g/mol. The molecule has 4 heterocycles. The van der Waals surface area contributed by atoms with Gasteiger partial charge in [-0.2, -0.15) is 4.98 Å². The molecule has 2 aromatic heterocycles. The number of aromatic amines is 1. The van der Waals surface area contributed by atoms with E-state index in [1.807, 2.05) is 48.5 Å². The number of aliphatic hydroxyl groups excluding tert-OH is 1. The zero-order valence-corrected chi connectivity index (χ0v) is 22.2. The topological polar surface area (TPSA) is 131 Å². The summed E-state index contributed by atoms with van der Waals surface area (Å²) in [5.74, 6) is 0. The smallest absolute Gasteiger partial charge is 0.296 e. The standard InChI is InChI=1S/C26H26ClN5O5S/c1-28-38(34,29-2)17-9-7-15(8-10-17)14-3-5-16(6-4-14)22-18(27)11-19-25(31-22)32-26(30-19)37-21-13-36-23-20(33)12-35-24(21)23/h3-11,20-21,23-24,33H,12-13H2,1-2H3,(H,28,29,34)(H,30,31,32)/t20-,21-,23-,24-/m1/s1. The van der Waals surface area contributed by atoms with E-state index in [-0.39, 0.29) is 30.9 Å². The lowest BCUT2D eigenvalue weighted by atomic mass is 10.0. The lowest BCUT2D eigenvalue weighted by Gasteiger charge is -2.15. The number of pyridine rings is 1. The number of aromatic nitrogens is 3. The summed E-state index contributed by atoms with van der Waals surface area (Å²) in [6.07, 6.45) is -1.75. The first-order valence-electron chi connectivity index (χ1n) is 12.1. The molecule has 1 unspecified atom stereocenters. The van der Waals surface area contributed by atoms with Crippen molar-refractivity contribution >= 4 is 32.7 Å². The Morgan fingerprint density at radius 2 is 1.71 bits per heavy atom. The van der Waals surface area contributed by atoms with Crippen molar-refractivity contribution in [2.24, 2.45) is 4.36 Å². The molecule has 198 valence electrons. The quantitative estimate of drug-likeness (QED) is 0.332. The zero-order chi connectivity index (χ0) is 26.4. The molecule has 0 amide bonds. The van der Waals surface area contributed by atoms with Crippen LogP contribution in [0, 0.1) is 0 Å². The third-order valence-electron chi connectivity index (χ3n) is 6.85. The van der Waals surface area contributed by atoms with Crippen LogP contribution in [0.25, 0.3) is 33.5 Å². The number of imidazole rings is 1. The van der Waals surface area contributed by atoms with E-state index in [0.29, 0.717) is 33.4 Å². The molecule has 0 bridgehead atoms. The molecule has 4 aromatic rings. The number of hydrogen-bond donors (Lipinski definition) is 3. The number of nitrogens with zero attached hydrogens (tertiary/aromatic N) is 3. The highest BCUT2D eigenvalue weighted by molar-refractivity contribution is 7.91. The van der Waals surface area contributed by atoms with E-state index in [9.17, 15) is 9.32 Å². The van der Waals surface area contributed by atoms with Crippen LogP contribution in [-0.4, -0.2) is 76.0 Å². The number of ether oxygens (including phenoxy) is 3. The van der Waals surface area contributed by atoms with E-state index in [1.165, 1.54) is 7.05 Å². The summed E-state index contributed by atoms with van der Waals surface area (Å²) in [5, 5.41) is 10.4. The molecule has 0 spiro atoms. The summed E-state index contributed by atoms with van der Waals surface area (Å²) in [4.78, 5) is 12.9. The summed E-state index contributed by atoms with van der Waals surface area (Å²) in [5.41, 5.74) is 4.53. The van der Waals surface area contributed by atoms with Crippen molar-refractivity contribution in [3.8, 4) is 28.4 Å². The highest BCUT2D eigenvalue weighted by atomic mass is 35.5. The van der Waals surface area contributed by atoms with Crippen molar-refractivity contribution in [1.29, 1.82) is 0 Å². The minimum Gasteiger partial charge on any atom is -0.456 e. The van der Waals surface area contributed by atoms with Crippen molar-refractivity contribution in [2.75, 3.05) is 27.3 Å². The summed E-state index contributed by atoms with van der Waals surface area (Å²) < 4.78 is 36.7. The van der Waals surface area contributed by atoms with Crippen LogP contribution in [0.5, 0.6) is 6.01 Å². The van der Waals surface area contributed by atoms with E-state index in [2.05, 4.69) is 24.0 Å². The van der Waals surface area contributed by atoms with Crippen molar-refractivity contribution < 1.29 is 23.5 Å². The van der Waals surface area contributed by atoms with Gasteiger partial charge in [-0.1, -0.05) is 48.0 Å². The van der Waals surface area contributed by atoms with Crippen LogP contribution >= 0.6 is 11.6 Å². The maximum Gasteiger partial charge on any atom is 0.296 e. The molecule has 2 aliphatic heterocycles. The number of halogens is 1. The van der Waals surface area contributed by atoms with Crippen LogP contribution in [0.3, 0.4) is 0 Å². The predicted molar refractivity (Wildman–Crippen MR) is 143 cm³/mol. The Balaban J connectivity index is 1.22. The molecule has 0 saturated carbocycles. The number of rotatable bonds is 6. The van der Waals surface area contributed by atoms with Gasteiger partial charge >= 0.3 is 0 Å². The number of hydrogen-bond acceptors (Lipinski definition) is 8. The lowest BCUT2D eigenvalue weighted by Crippen LogP contribution is -2.34.